The number of nitrogens with one attached hydrogen (secondary N) is 1. The first-order valence-corrected chi connectivity index (χ1v) is 7.35. The highest BCUT2D eigenvalue weighted by atomic mass is 32.1. The van der Waals surface area contributed by atoms with Crippen LogP contribution < -0.4 is 5.32 Å². The van der Waals surface area contributed by atoms with Crippen LogP contribution in [-0.4, -0.2) is 9.97 Å². The van der Waals surface area contributed by atoms with Crippen LogP contribution in [0.1, 0.15) is 5.69 Å². The highest BCUT2D eigenvalue weighted by molar-refractivity contribution is 7.13. The van der Waals surface area contributed by atoms with Crippen LogP contribution in [0.4, 0.5) is 5.69 Å². The molecule has 3 nitrogen and oxygen atoms in total. The Hall–Kier alpha value is -1.72. The summed E-state index contributed by atoms with van der Waals surface area (Å²) in [6, 6.07) is 8.32. The SMILES string of the molecule is c1csc(-c2ccc(NCc3cscn3)cc2)n1. The molecule has 0 radical (unpaired) electrons. The lowest BCUT2D eigenvalue weighted by Gasteiger charge is -2.05. The number of hydrogen-bond acceptors (Lipinski definition) is 5. The second-order valence-electron chi connectivity index (χ2n) is 3.75. The summed E-state index contributed by atoms with van der Waals surface area (Å²) in [5, 5.41) is 8.45. The molecule has 0 saturated heterocycles. The Balaban J connectivity index is 1.68. The monoisotopic (exact) mass is 273 g/mol. The van der Waals surface area contributed by atoms with E-state index in [9.17, 15) is 0 Å². The van der Waals surface area contributed by atoms with Gasteiger partial charge in [0.25, 0.3) is 0 Å². The molecule has 0 aliphatic heterocycles. The Morgan fingerprint density at radius 1 is 1.11 bits per heavy atom. The Morgan fingerprint density at radius 2 is 2.00 bits per heavy atom. The van der Waals surface area contributed by atoms with E-state index in [1.165, 1.54) is 0 Å². The molecule has 2 heterocycles. The largest absolute Gasteiger partial charge is 0.379 e. The second kappa shape index (κ2) is 5.29. The van der Waals surface area contributed by atoms with Crippen LogP contribution in [0.5, 0.6) is 0 Å². The summed E-state index contributed by atoms with van der Waals surface area (Å²) < 4.78 is 0. The fraction of sp³-hybridized carbons (Fsp3) is 0.0769. The van der Waals surface area contributed by atoms with E-state index >= 15 is 0 Å². The zero-order chi connectivity index (χ0) is 12.2. The molecule has 0 atom stereocenters. The molecule has 0 amide bonds. The zero-order valence-corrected chi connectivity index (χ0v) is 11.2. The number of benzene rings is 1. The molecule has 0 bridgehead atoms. The van der Waals surface area contributed by atoms with Crippen molar-refractivity contribution in [2.24, 2.45) is 0 Å². The van der Waals surface area contributed by atoms with Crippen LogP contribution in [0.3, 0.4) is 0 Å². The molecule has 0 spiro atoms. The van der Waals surface area contributed by atoms with Crippen LogP contribution in [0.25, 0.3) is 10.6 Å². The van der Waals surface area contributed by atoms with Gasteiger partial charge in [-0.3, -0.25) is 0 Å². The van der Waals surface area contributed by atoms with Gasteiger partial charge in [0.2, 0.25) is 0 Å². The van der Waals surface area contributed by atoms with Crippen LogP contribution in [-0.2, 0) is 6.54 Å². The minimum absolute atomic E-state index is 0.764. The Kier molecular flexibility index (Phi) is 3.34. The number of anilines is 1. The van der Waals surface area contributed by atoms with Crippen molar-refractivity contribution in [3.05, 3.63) is 52.4 Å². The maximum absolute atomic E-state index is 4.29. The summed E-state index contributed by atoms with van der Waals surface area (Å²) in [6.45, 7) is 0.764. The van der Waals surface area contributed by atoms with E-state index < -0.39 is 0 Å². The van der Waals surface area contributed by atoms with Crippen molar-refractivity contribution in [3.8, 4) is 10.6 Å². The van der Waals surface area contributed by atoms with E-state index in [0.717, 1.165) is 28.5 Å². The third kappa shape index (κ3) is 2.57. The van der Waals surface area contributed by atoms with Gasteiger partial charge in [-0.1, -0.05) is 0 Å². The molecule has 18 heavy (non-hydrogen) atoms. The van der Waals surface area contributed by atoms with Gasteiger partial charge in [-0.15, -0.1) is 22.7 Å². The van der Waals surface area contributed by atoms with E-state index in [4.69, 9.17) is 0 Å². The normalized spacial score (nSPS) is 10.4. The van der Waals surface area contributed by atoms with E-state index in [1.54, 1.807) is 22.7 Å². The summed E-state index contributed by atoms with van der Waals surface area (Å²) >= 11 is 3.27. The highest BCUT2D eigenvalue weighted by Crippen LogP contribution is 2.23. The third-order valence-corrected chi connectivity index (χ3v) is 3.98. The molecule has 0 fully saturated rings. The number of rotatable bonds is 4. The minimum atomic E-state index is 0.764. The smallest absolute Gasteiger partial charge is 0.123 e. The predicted molar refractivity (Wildman–Crippen MR) is 77.0 cm³/mol. The van der Waals surface area contributed by atoms with E-state index in [-0.39, 0.29) is 0 Å². The summed E-state index contributed by atoms with van der Waals surface area (Å²) in [7, 11) is 0. The molecule has 90 valence electrons. The molecule has 0 saturated carbocycles. The van der Waals surface area contributed by atoms with Crippen molar-refractivity contribution in [1.82, 2.24) is 9.97 Å². The lowest BCUT2D eigenvalue weighted by Crippen LogP contribution is -1.98. The molecule has 0 aliphatic carbocycles. The first-order chi connectivity index (χ1) is 8.92. The summed E-state index contributed by atoms with van der Waals surface area (Å²) in [5.41, 5.74) is 5.18. The van der Waals surface area contributed by atoms with Crippen molar-refractivity contribution >= 4 is 28.4 Å². The summed E-state index contributed by atoms with van der Waals surface area (Å²) in [5.74, 6) is 0. The van der Waals surface area contributed by atoms with Gasteiger partial charge in [-0.05, 0) is 24.3 Å². The van der Waals surface area contributed by atoms with Gasteiger partial charge in [0.15, 0.2) is 0 Å². The molecule has 3 rings (SSSR count). The van der Waals surface area contributed by atoms with Gasteiger partial charge in [0.1, 0.15) is 5.01 Å². The van der Waals surface area contributed by atoms with E-state index in [0.29, 0.717) is 0 Å². The van der Waals surface area contributed by atoms with Gasteiger partial charge in [-0.2, -0.15) is 0 Å². The molecule has 1 N–H and O–H groups in total. The maximum atomic E-state index is 4.29. The zero-order valence-electron chi connectivity index (χ0n) is 9.54. The standard InChI is InChI=1S/C13H11N3S2/c1-3-11(15-7-12-8-17-9-16-12)4-2-10(1)13-14-5-6-18-13/h1-6,8-9,15H,7H2. The van der Waals surface area contributed by atoms with Crippen molar-refractivity contribution in [2.75, 3.05) is 5.32 Å². The molecule has 1 aromatic carbocycles. The average molecular weight is 273 g/mol. The van der Waals surface area contributed by atoms with Gasteiger partial charge >= 0.3 is 0 Å². The first-order valence-electron chi connectivity index (χ1n) is 5.53. The van der Waals surface area contributed by atoms with Gasteiger partial charge in [-0.25, -0.2) is 9.97 Å². The van der Waals surface area contributed by atoms with Crippen molar-refractivity contribution in [3.63, 3.8) is 0 Å². The molecular weight excluding hydrogens is 262 g/mol. The molecule has 5 heteroatoms. The minimum Gasteiger partial charge on any atom is -0.379 e. The quantitative estimate of drug-likeness (QED) is 0.784. The lowest BCUT2D eigenvalue weighted by atomic mass is 10.2. The fourth-order valence-corrected chi connectivity index (χ4v) is 2.82. The summed E-state index contributed by atoms with van der Waals surface area (Å²) in [4.78, 5) is 8.53. The Labute approximate surface area is 113 Å². The number of thiazole rings is 2. The lowest BCUT2D eigenvalue weighted by molar-refractivity contribution is 1.07. The van der Waals surface area contributed by atoms with Crippen LogP contribution in [0.2, 0.25) is 0 Å². The molecular formula is C13H11N3S2. The predicted octanol–water partition coefficient (Wildman–Crippen LogP) is 3.88. The van der Waals surface area contributed by atoms with E-state index in [1.807, 2.05) is 17.1 Å². The summed E-state index contributed by atoms with van der Waals surface area (Å²) in [6.07, 6.45) is 1.83. The van der Waals surface area contributed by atoms with Crippen LogP contribution >= 0.6 is 22.7 Å². The average Bonchev–Trinajstić information content (AvgIpc) is 3.10. The topological polar surface area (TPSA) is 37.8 Å². The molecule has 3 aromatic rings. The van der Waals surface area contributed by atoms with Gasteiger partial charge in [0.05, 0.1) is 17.7 Å². The third-order valence-electron chi connectivity index (χ3n) is 2.52. The maximum Gasteiger partial charge on any atom is 0.123 e. The Morgan fingerprint density at radius 3 is 2.67 bits per heavy atom. The van der Waals surface area contributed by atoms with E-state index in [2.05, 4.69) is 44.9 Å². The van der Waals surface area contributed by atoms with Crippen molar-refractivity contribution in [2.45, 2.75) is 6.54 Å². The van der Waals surface area contributed by atoms with Crippen LogP contribution in [0.15, 0.2) is 46.7 Å². The highest BCUT2D eigenvalue weighted by Gasteiger charge is 2.00. The van der Waals surface area contributed by atoms with Gasteiger partial charge < -0.3 is 5.32 Å². The second-order valence-corrected chi connectivity index (χ2v) is 5.36. The molecule has 0 unspecified atom stereocenters. The fourth-order valence-electron chi connectivity index (χ4n) is 1.61. The van der Waals surface area contributed by atoms with Crippen molar-refractivity contribution < 1.29 is 0 Å². The van der Waals surface area contributed by atoms with Gasteiger partial charge in [0, 0.05) is 28.2 Å². The van der Waals surface area contributed by atoms with Crippen molar-refractivity contribution in [1.29, 1.82) is 0 Å². The number of hydrogen-bond donors (Lipinski definition) is 1. The number of nitrogens with zero attached hydrogens (tertiary/aromatic N) is 2. The molecule has 2 aromatic heterocycles. The number of aromatic nitrogens is 2. The Bertz CT molecular complexity index is 586. The van der Waals surface area contributed by atoms with Crippen LogP contribution in [0, 0.1) is 0 Å². The first kappa shape index (κ1) is 11.4. The molecule has 0 aliphatic rings.